The topological polar surface area (TPSA) is 52.7 Å². The third-order valence-corrected chi connectivity index (χ3v) is 7.09. The molecule has 0 aromatic heterocycles. The monoisotopic (exact) mass is 347 g/mol. The Hall–Kier alpha value is -1.10. The van der Waals surface area contributed by atoms with E-state index in [0.29, 0.717) is 12.5 Å². The number of nitrogens with zero attached hydrogens (tertiary/aromatic N) is 2. The Morgan fingerprint density at radius 2 is 1.52 bits per heavy atom. The zero-order valence-corrected chi connectivity index (χ0v) is 15.6. The van der Waals surface area contributed by atoms with Gasteiger partial charge in [-0.3, -0.25) is 14.5 Å². The molecule has 1 saturated heterocycles. The van der Waals surface area contributed by atoms with Crippen molar-refractivity contribution in [1.29, 1.82) is 0 Å². The minimum Gasteiger partial charge on any atom is -0.355 e. The summed E-state index contributed by atoms with van der Waals surface area (Å²) in [5, 5.41) is 2.94. The van der Waals surface area contributed by atoms with Crippen LogP contribution in [0.3, 0.4) is 0 Å². The summed E-state index contributed by atoms with van der Waals surface area (Å²) in [6.07, 6.45) is 8.57. The van der Waals surface area contributed by atoms with E-state index >= 15 is 0 Å². The van der Waals surface area contributed by atoms with E-state index in [-0.39, 0.29) is 11.3 Å². The number of amides is 2. The maximum atomic E-state index is 13.4. The molecule has 0 radical (unpaired) electrons. The van der Waals surface area contributed by atoms with Crippen molar-refractivity contribution in [2.75, 3.05) is 39.3 Å². The lowest BCUT2D eigenvalue weighted by Crippen LogP contribution is -2.58. The summed E-state index contributed by atoms with van der Waals surface area (Å²) in [7, 11) is 0. The summed E-state index contributed by atoms with van der Waals surface area (Å²) in [6, 6.07) is 0. The molecular formula is C20H33N3O2. The third-order valence-electron chi connectivity index (χ3n) is 7.09. The first-order valence-corrected chi connectivity index (χ1v) is 10.4. The van der Waals surface area contributed by atoms with Gasteiger partial charge in [0.15, 0.2) is 0 Å². The van der Waals surface area contributed by atoms with Gasteiger partial charge in [-0.1, -0.05) is 6.92 Å². The Labute approximate surface area is 151 Å². The number of nitrogens with one attached hydrogen (secondary N) is 1. The van der Waals surface area contributed by atoms with Crippen LogP contribution in [0.15, 0.2) is 0 Å². The second-order valence-corrected chi connectivity index (χ2v) is 9.12. The van der Waals surface area contributed by atoms with E-state index in [9.17, 15) is 9.59 Å². The number of piperazine rings is 1. The summed E-state index contributed by atoms with van der Waals surface area (Å²) >= 11 is 0. The van der Waals surface area contributed by atoms with E-state index in [2.05, 4.69) is 22.0 Å². The molecule has 0 atom stereocenters. The molecule has 1 aliphatic heterocycles. The summed E-state index contributed by atoms with van der Waals surface area (Å²) < 4.78 is 0. The minimum absolute atomic E-state index is 0.0184. The van der Waals surface area contributed by atoms with Crippen molar-refractivity contribution in [2.24, 2.45) is 23.2 Å². The van der Waals surface area contributed by atoms with Crippen LogP contribution in [-0.2, 0) is 9.59 Å². The molecule has 5 fully saturated rings. The van der Waals surface area contributed by atoms with Crippen LogP contribution in [0.1, 0.15) is 51.9 Å². The fraction of sp³-hybridized carbons (Fsp3) is 0.900. The maximum Gasteiger partial charge on any atom is 0.234 e. The molecule has 4 aliphatic carbocycles. The first kappa shape index (κ1) is 17.3. The zero-order valence-electron chi connectivity index (χ0n) is 15.6. The standard InChI is InChI=1S/C20H33N3O2/c1-2-3-21-18(24)14-22-4-6-23(7-5-22)19(25)20-11-15-8-16(12-20)10-17(9-15)13-20/h15-17H,2-14H2,1H3,(H,21,24). The molecule has 0 aromatic rings. The van der Waals surface area contributed by atoms with Gasteiger partial charge in [0.2, 0.25) is 11.8 Å². The molecule has 2 amide bonds. The molecule has 0 unspecified atom stereocenters. The first-order chi connectivity index (χ1) is 12.1. The fourth-order valence-corrected chi connectivity index (χ4v) is 6.34. The lowest BCUT2D eigenvalue weighted by atomic mass is 9.49. The Balaban J connectivity index is 1.31. The zero-order chi connectivity index (χ0) is 17.4. The lowest BCUT2D eigenvalue weighted by molar-refractivity contribution is -0.159. The van der Waals surface area contributed by atoms with Gasteiger partial charge in [0.1, 0.15) is 0 Å². The minimum atomic E-state index is -0.0184. The highest BCUT2D eigenvalue weighted by Gasteiger charge is 2.55. The highest BCUT2D eigenvalue weighted by molar-refractivity contribution is 5.83. The van der Waals surface area contributed by atoms with Crippen LogP contribution in [0, 0.1) is 23.2 Å². The van der Waals surface area contributed by atoms with Gasteiger partial charge in [-0.15, -0.1) is 0 Å². The molecular weight excluding hydrogens is 314 g/mol. The Kier molecular flexibility index (Phi) is 4.78. The second kappa shape index (κ2) is 6.90. The quantitative estimate of drug-likeness (QED) is 0.826. The summed E-state index contributed by atoms with van der Waals surface area (Å²) in [5.74, 6) is 3.01. The van der Waals surface area contributed by atoms with Crippen molar-refractivity contribution in [3.63, 3.8) is 0 Å². The van der Waals surface area contributed by atoms with Gasteiger partial charge < -0.3 is 10.2 Å². The molecule has 4 bridgehead atoms. The number of rotatable bonds is 5. The average molecular weight is 348 g/mol. The highest BCUT2D eigenvalue weighted by atomic mass is 16.2. The summed E-state index contributed by atoms with van der Waals surface area (Å²) in [4.78, 5) is 29.5. The summed E-state index contributed by atoms with van der Waals surface area (Å²) in [5.41, 5.74) is -0.0184. The lowest BCUT2D eigenvalue weighted by Gasteiger charge is -2.57. The Morgan fingerprint density at radius 1 is 0.960 bits per heavy atom. The highest BCUT2D eigenvalue weighted by Crippen LogP contribution is 2.60. The molecule has 0 spiro atoms. The Bertz CT molecular complexity index is 490. The predicted molar refractivity (Wildman–Crippen MR) is 96.9 cm³/mol. The van der Waals surface area contributed by atoms with Crippen molar-refractivity contribution >= 4 is 11.8 Å². The molecule has 5 heteroatoms. The van der Waals surface area contributed by atoms with Gasteiger partial charge in [-0.25, -0.2) is 0 Å². The van der Waals surface area contributed by atoms with Gasteiger partial charge in [0, 0.05) is 32.7 Å². The second-order valence-electron chi connectivity index (χ2n) is 9.12. The average Bonchev–Trinajstić information content (AvgIpc) is 2.59. The van der Waals surface area contributed by atoms with Crippen LogP contribution < -0.4 is 5.32 Å². The van der Waals surface area contributed by atoms with Crippen LogP contribution in [0.4, 0.5) is 0 Å². The number of carbonyl (C=O) groups is 2. The van der Waals surface area contributed by atoms with E-state index in [0.717, 1.165) is 76.2 Å². The number of carbonyl (C=O) groups excluding carboxylic acids is 2. The van der Waals surface area contributed by atoms with E-state index in [1.54, 1.807) is 0 Å². The largest absolute Gasteiger partial charge is 0.355 e. The van der Waals surface area contributed by atoms with E-state index in [1.807, 2.05) is 0 Å². The van der Waals surface area contributed by atoms with Gasteiger partial charge in [-0.05, 0) is 62.7 Å². The normalized spacial score (nSPS) is 37.3. The van der Waals surface area contributed by atoms with Crippen molar-refractivity contribution in [3.05, 3.63) is 0 Å². The van der Waals surface area contributed by atoms with Gasteiger partial charge >= 0.3 is 0 Å². The molecule has 0 aromatic carbocycles. The maximum absolute atomic E-state index is 13.4. The van der Waals surface area contributed by atoms with Crippen LogP contribution in [0.25, 0.3) is 0 Å². The van der Waals surface area contributed by atoms with Crippen molar-refractivity contribution < 1.29 is 9.59 Å². The van der Waals surface area contributed by atoms with Crippen molar-refractivity contribution in [1.82, 2.24) is 15.1 Å². The van der Waals surface area contributed by atoms with Crippen LogP contribution >= 0.6 is 0 Å². The van der Waals surface area contributed by atoms with Gasteiger partial charge in [0.25, 0.3) is 0 Å². The van der Waals surface area contributed by atoms with Crippen molar-refractivity contribution in [3.8, 4) is 0 Å². The molecule has 4 saturated carbocycles. The van der Waals surface area contributed by atoms with Crippen LogP contribution in [-0.4, -0.2) is 60.9 Å². The van der Waals surface area contributed by atoms with Gasteiger partial charge in [0.05, 0.1) is 12.0 Å². The third kappa shape index (κ3) is 3.44. The summed E-state index contributed by atoms with van der Waals surface area (Å²) in [6.45, 7) is 6.54. The molecule has 1 heterocycles. The predicted octanol–water partition coefficient (Wildman–Crippen LogP) is 1.87. The van der Waals surface area contributed by atoms with E-state index < -0.39 is 0 Å². The van der Waals surface area contributed by atoms with Crippen LogP contribution in [0.2, 0.25) is 0 Å². The van der Waals surface area contributed by atoms with Crippen molar-refractivity contribution in [2.45, 2.75) is 51.9 Å². The smallest absolute Gasteiger partial charge is 0.234 e. The SMILES string of the molecule is CCCNC(=O)CN1CCN(C(=O)C23CC4CC(CC(C4)C2)C3)CC1. The van der Waals surface area contributed by atoms with Gasteiger partial charge in [-0.2, -0.15) is 0 Å². The van der Waals surface area contributed by atoms with Crippen LogP contribution in [0.5, 0.6) is 0 Å². The molecule has 5 aliphatic rings. The molecule has 1 N–H and O–H groups in total. The number of hydrogen-bond donors (Lipinski definition) is 1. The van der Waals surface area contributed by atoms with E-state index in [4.69, 9.17) is 0 Å². The fourth-order valence-electron chi connectivity index (χ4n) is 6.34. The Morgan fingerprint density at radius 3 is 2.04 bits per heavy atom. The molecule has 5 nitrogen and oxygen atoms in total. The molecule has 25 heavy (non-hydrogen) atoms. The molecule has 140 valence electrons. The molecule has 5 rings (SSSR count). The first-order valence-electron chi connectivity index (χ1n) is 10.4. The van der Waals surface area contributed by atoms with E-state index in [1.165, 1.54) is 19.3 Å². The number of hydrogen-bond acceptors (Lipinski definition) is 3.